The third-order valence-corrected chi connectivity index (χ3v) is 13.9. The fraction of sp³-hybridized carbons (Fsp3) is 0.175. The Morgan fingerprint density at radius 3 is 1.06 bits per heavy atom. The Hall–Kier alpha value is -7.47. The molecule has 0 amide bonds. The Morgan fingerprint density at radius 2 is 0.677 bits per heavy atom. The van der Waals surface area contributed by atoms with Crippen LogP contribution in [0, 0.1) is 40.4 Å². The molecule has 1 aromatic heterocycles. The zero-order valence-corrected chi connectivity index (χ0v) is 34.4. The number of benzene rings is 7. The Kier molecular flexibility index (Phi) is 9.40. The van der Waals surface area contributed by atoms with Crippen LogP contribution in [0.5, 0.6) is 0 Å². The Balaban J connectivity index is 0.921. The molecule has 0 atom stereocenters. The van der Waals surface area contributed by atoms with Crippen LogP contribution in [-0.2, 0) is 5.41 Å². The molecule has 0 radical (unpaired) electrons. The molecule has 4 bridgehead atoms. The van der Waals surface area contributed by atoms with Crippen molar-refractivity contribution < 1.29 is 0 Å². The van der Waals surface area contributed by atoms with Gasteiger partial charge in [0, 0.05) is 16.7 Å². The van der Waals surface area contributed by atoms with Gasteiger partial charge in [-0.3, -0.25) is 0 Å². The minimum atomic E-state index is 0.418. The van der Waals surface area contributed by atoms with E-state index in [0.717, 1.165) is 67.8 Å². The van der Waals surface area contributed by atoms with E-state index >= 15 is 0 Å². The number of hydrogen-bond acceptors (Lipinski definition) is 5. The zero-order valence-electron chi connectivity index (χ0n) is 34.4. The van der Waals surface area contributed by atoms with Crippen LogP contribution in [0.2, 0.25) is 0 Å². The quantitative estimate of drug-likeness (QED) is 0.153. The zero-order chi connectivity index (χ0) is 41.6. The van der Waals surface area contributed by atoms with Gasteiger partial charge in [0.1, 0.15) is 0 Å². The fourth-order valence-electron chi connectivity index (χ4n) is 11.2. The summed E-state index contributed by atoms with van der Waals surface area (Å²) in [5.41, 5.74) is 14.4. The molecule has 12 rings (SSSR count). The van der Waals surface area contributed by atoms with E-state index in [1.165, 1.54) is 49.7 Å². The number of hydrogen-bond donors (Lipinski definition) is 0. The molecule has 4 saturated carbocycles. The summed E-state index contributed by atoms with van der Waals surface area (Å²) in [5, 5.41) is 18.9. The van der Waals surface area contributed by atoms with Gasteiger partial charge in [0.05, 0.1) is 23.3 Å². The van der Waals surface area contributed by atoms with E-state index in [1.807, 2.05) is 84.9 Å². The molecule has 5 heteroatoms. The predicted octanol–water partition coefficient (Wildman–Crippen LogP) is 13.8. The molecule has 4 aliphatic rings. The van der Waals surface area contributed by atoms with E-state index < -0.39 is 0 Å². The van der Waals surface area contributed by atoms with Crippen LogP contribution in [0.3, 0.4) is 0 Å². The Labute approximate surface area is 363 Å². The van der Waals surface area contributed by atoms with E-state index in [9.17, 15) is 10.5 Å². The second-order valence-corrected chi connectivity index (χ2v) is 17.7. The summed E-state index contributed by atoms with van der Waals surface area (Å²) >= 11 is 0. The minimum absolute atomic E-state index is 0.418. The minimum Gasteiger partial charge on any atom is -0.208 e. The number of nitrogens with zero attached hydrogens (tertiary/aromatic N) is 5. The molecule has 4 aliphatic carbocycles. The van der Waals surface area contributed by atoms with Gasteiger partial charge in [0.2, 0.25) is 0 Å². The maximum Gasteiger partial charge on any atom is 0.164 e. The van der Waals surface area contributed by atoms with Crippen LogP contribution in [0.25, 0.3) is 78.7 Å². The average Bonchev–Trinajstić information content (AvgIpc) is 3.34. The fourth-order valence-corrected chi connectivity index (χ4v) is 11.2. The van der Waals surface area contributed by atoms with Crippen LogP contribution < -0.4 is 0 Å². The topological polar surface area (TPSA) is 86.2 Å². The third-order valence-electron chi connectivity index (χ3n) is 13.9. The molecule has 0 unspecified atom stereocenters. The van der Waals surface area contributed by atoms with Crippen molar-refractivity contribution in [2.75, 3.05) is 0 Å². The van der Waals surface area contributed by atoms with Crippen LogP contribution in [0.15, 0.2) is 170 Å². The highest BCUT2D eigenvalue weighted by atomic mass is 15.0. The molecular formula is C57H43N5. The highest BCUT2D eigenvalue weighted by Crippen LogP contribution is 2.60. The second kappa shape index (κ2) is 15.5. The monoisotopic (exact) mass is 797 g/mol. The average molecular weight is 798 g/mol. The van der Waals surface area contributed by atoms with Gasteiger partial charge in [-0.2, -0.15) is 10.5 Å². The normalized spacial score (nSPS) is 19.7. The van der Waals surface area contributed by atoms with Gasteiger partial charge in [-0.15, -0.1) is 0 Å². The van der Waals surface area contributed by atoms with Crippen LogP contribution in [-0.4, -0.2) is 15.0 Å². The smallest absolute Gasteiger partial charge is 0.164 e. The van der Waals surface area contributed by atoms with Gasteiger partial charge in [0.25, 0.3) is 0 Å². The molecule has 1 heterocycles. The molecule has 0 spiro atoms. The second-order valence-electron chi connectivity index (χ2n) is 17.7. The first-order valence-corrected chi connectivity index (χ1v) is 21.8. The van der Waals surface area contributed by atoms with E-state index in [2.05, 4.69) is 97.1 Å². The molecule has 0 aliphatic heterocycles. The van der Waals surface area contributed by atoms with Gasteiger partial charge >= 0.3 is 0 Å². The van der Waals surface area contributed by atoms with Crippen LogP contribution in [0.4, 0.5) is 0 Å². The molecule has 5 nitrogen and oxygen atoms in total. The lowest BCUT2D eigenvalue weighted by atomic mass is 9.48. The molecule has 0 saturated heterocycles. The maximum absolute atomic E-state index is 9.45. The van der Waals surface area contributed by atoms with Gasteiger partial charge in [-0.05, 0) is 136 Å². The summed E-state index contributed by atoms with van der Waals surface area (Å²) in [5.74, 6) is 4.49. The molecule has 4 fully saturated rings. The summed E-state index contributed by atoms with van der Waals surface area (Å²) in [6.45, 7) is 0. The lowest BCUT2D eigenvalue weighted by Crippen LogP contribution is -2.48. The molecular weight excluding hydrogens is 755 g/mol. The summed E-state index contributed by atoms with van der Waals surface area (Å²) < 4.78 is 0. The summed E-state index contributed by atoms with van der Waals surface area (Å²) in [7, 11) is 0. The highest BCUT2D eigenvalue weighted by molar-refractivity contribution is 5.85. The molecule has 7 aromatic carbocycles. The summed E-state index contributed by atoms with van der Waals surface area (Å²) in [6.07, 6.45) is 8.59. The van der Waals surface area contributed by atoms with Crippen molar-refractivity contribution in [3.05, 3.63) is 187 Å². The SMILES string of the molecule is N#Cc1ccc(-c2ccccc2-c2nc(-c3ccc(-c4ccc(-c5ccc(C67C[C@H]8C[C@H](C6)C[C@@H](C7)C8)cc5)cc4)cc3)nc(-c3ccccc3-c3ccc(C#N)cc3)n2)cc1. The van der Waals surface area contributed by atoms with Crippen molar-refractivity contribution in [3.63, 3.8) is 0 Å². The largest absolute Gasteiger partial charge is 0.208 e. The highest BCUT2D eigenvalue weighted by Gasteiger charge is 2.51. The summed E-state index contributed by atoms with van der Waals surface area (Å²) in [6, 6.07) is 62.8. The first kappa shape index (κ1) is 37.5. The van der Waals surface area contributed by atoms with E-state index in [-0.39, 0.29) is 0 Å². The first-order chi connectivity index (χ1) is 30.5. The molecule has 0 N–H and O–H groups in total. The van der Waals surface area contributed by atoms with Crippen molar-refractivity contribution in [1.29, 1.82) is 10.5 Å². The van der Waals surface area contributed by atoms with Crippen molar-refractivity contribution >= 4 is 0 Å². The van der Waals surface area contributed by atoms with Gasteiger partial charge in [-0.1, -0.05) is 146 Å². The number of nitriles is 2. The van der Waals surface area contributed by atoms with Gasteiger partial charge in [-0.25, -0.2) is 15.0 Å². The molecule has 296 valence electrons. The lowest BCUT2D eigenvalue weighted by Gasteiger charge is -2.57. The predicted molar refractivity (Wildman–Crippen MR) is 247 cm³/mol. The standard InChI is InChI=1S/C57H43N5/c58-35-37-9-13-46(14-10-37)50-5-1-3-7-52(50)55-60-54(61-56(62-55)53-8-4-2-6-51(53)47-15-11-38(36-59)12-16-47)48-23-21-44(22-24-48)42-17-19-43(20-18-42)45-25-27-49(28-26-45)57-32-39-29-40(33-57)31-41(30-39)34-57/h1-28,39-41H,29-34H2/t39-,40-,41-,57?. The van der Waals surface area contributed by atoms with E-state index in [1.54, 1.807) is 5.56 Å². The van der Waals surface area contributed by atoms with Crippen molar-refractivity contribution in [3.8, 4) is 90.8 Å². The van der Waals surface area contributed by atoms with Crippen LogP contribution in [0.1, 0.15) is 55.2 Å². The van der Waals surface area contributed by atoms with Crippen molar-refractivity contribution in [1.82, 2.24) is 15.0 Å². The van der Waals surface area contributed by atoms with Gasteiger partial charge in [0.15, 0.2) is 17.5 Å². The first-order valence-electron chi connectivity index (χ1n) is 21.8. The molecule has 62 heavy (non-hydrogen) atoms. The Morgan fingerprint density at radius 1 is 0.355 bits per heavy atom. The van der Waals surface area contributed by atoms with E-state index in [0.29, 0.717) is 34.0 Å². The van der Waals surface area contributed by atoms with Crippen molar-refractivity contribution in [2.45, 2.75) is 43.9 Å². The third kappa shape index (κ3) is 6.96. The molecule has 8 aromatic rings. The van der Waals surface area contributed by atoms with E-state index in [4.69, 9.17) is 15.0 Å². The lowest BCUT2D eigenvalue weighted by molar-refractivity contribution is -0.00518. The Bertz CT molecular complexity index is 2870. The van der Waals surface area contributed by atoms with Crippen molar-refractivity contribution in [2.24, 2.45) is 17.8 Å². The summed E-state index contributed by atoms with van der Waals surface area (Å²) in [4.78, 5) is 15.4. The maximum atomic E-state index is 9.45. The van der Waals surface area contributed by atoms with Crippen LogP contribution >= 0.6 is 0 Å². The van der Waals surface area contributed by atoms with Gasteiger partial charge < -0.3 is 0 Å². The number of rotatable bonds is 8. The number of aromatic nitrogens is 3.